The second-order valence-corrected chi connectivity index (χ2v) is 3.61. The van der Waals surface area contributed by atoms with Crippen molar-refractivity contribution in [2.75, 3.05) is 6.61 Å². The summed E-state index contributed by atoms with van der Waals surface area (Å²) in [6.07, 6.45) is 0. The van der Waals surface area contributed by atoms with Crippen molar-refractivity contribution in [1.82, 2.24) is 0 Å². The Kier molecular flexibility index (Phi) is 3.06. The number of fused-ring (bicyclic) bond motifs is 1. The van der Waals surface area contributed by atoms with E-state index >= 15 is 0 Å². The van der Waals surface area contributed by atoms with Gasteiger partial charge in [-0.2, -0.15) is 5.26 Å². The summed E-state index contributed by atoms with van der Waals surface area (Å²) in [4.78, 5) is 11.5. The van der Waals surface area contributed by atoms with E-state index in [-0.39, 0.29) is 5.97 Å². The lowest BCUT2D eigenvalue weighted by Crippen LogP contribution is -2.04. The van der Waals surface area contributed by atoms with Gasteiger partial charge in [0.05, 0.1) is 23.8 Å². The van der Waals surface area contributed by atoms with Crippen LogP contribution in [0, 0.1) is 11.3 Å². The van der Waals surface area contributed by atoms with E-state index < -0.39 is 0 Å². The van der Waals surface area contributed by atoms with Crippen LogP contribution in [-0.4, -0.2) is 12.6 Å². The smallest absolute Gasteiger partial charge is 0.338 e. The lowest BCUT2D eigenvalue weighted by atomic mass is 10.0. The van der Waals surface area contributed by atoms with Gasteiger partial charge in [0.25, 0.3) is 0 Å². The zero-order valence-electron chi connectivity index (χ0n) is 9.43. The molecule has 2 rings (SSSR count). The van der Waals surface area contributed by atoms with Crippen molar-refractivity contribution < 1.29 is 9.53 Å². The van der Waals surface area contributed by atoms with E-state index in [1.807, 2.05) is 12.1 Å². The van der Waals surface area contributed by atoms with E-state index in [1.54, 1.807) is 31.2 Å². The molecule has 0 amide bonds. The van der Waals surface area contributed by atoms with Crippen LogP contribution in [-0.2, 0) is 4.74 Å². The van der Waals surface area contributed by atoms with Crippen molar-refractivity contribution in [3.63, 3.8) is 0 Å². The van der Waals surface area contributed by atoms with Crippen molar-refractivity contribution in [3.8, 4) is 6.07 Å². The number of carbonyl (C=O) groups is 1. The van der Waals surface area contributed by atoms with Crippen molar-refractivity contribution in [2.24, 2.45) is 0 Å². The molecule has 0 heterocycles. The lowest BCUT2D eigenvalue weighted by molar-refractivity contribution is 0.0526. The molecule has 84 valence electrons. The van der Waals surface area contributed by atoms with Gasteiger partial charge in [-0.25, -0.2) is 4.79 Å². The highest BCUT2D eigenvalue weighted by molar-refractivity contribution is 5.95. The first-order valence-corrected chi connectivity index (χ1v) is 5.35. The third-order valence-electron chi connectivity index (χ3n) is 2.48. The molecule has 0 atom stereocenters. The molecule has 0 fully saturated rings. The summed E-state index contributed by atoms with van der Waals surface area (Å²) in [5, 5.41) is 10.7. The molecule has 0 saturated carbocycles. The average Bonchev–Trinajstić information content (AvgIpc) is 2.37. The molecule has 2 aromatic rings. The van der Waals surface area contributed by atoms with Crippen LogP contribution in [0.25, 0.3) is 10.8 Å². The molecule has 0 N–H and O–H groups in total. The highest BCUT2D eigenvalue weighted by atomic mass is 16.5. The van der Waals surface area contributed by atoms with Gasteiger partial charge in [-0.05, 0) is 42.0 Å². The number of nitrogens with zero attached hydrogens (tertiary/aromatic N) is 1. The van der Waals surface area contributed by atoms with Gasteiger partial charge in [0.15, 0.2) is 0 Å². The molecule has 0 spiro atoms. The third-order valence-corrected chi connectivity index (χ3v) is 2.48. The van der Waals surface area contributed by atoms with E-state index in [9.17, 15) is 4.79 Å². The van der Waals surface area contributed by atoms with Crippen LogP contribution in [0.15, 0.2) is 36.4 Å². The van der Waals surface area contributed by atoms with Crippen LogP contribution in [0.1, 0.15) is 22.8 Å². The molecule has 3 heteroatoms. The Morgan fingerprint density at radius 1 is 1.24 bits per heavy atom. The highest BCUT2D eigenvalue weighted by Gasteiger charge is 2.06. The predicted molar refractivity (Wildman–Crippen MR) is 64.6 cm³/mol. The van der Waals surface area contributed by atoms with Gasteiger partial charge in [0.2, 0.25) is 0 Å². The maximum Gasteiger partial charge on any atom is 0.338 e. The Morgan fingerprint density at radius 2 is 1.94 bits per heavy atom. The number of benzene rings is 2. The van der Waals surface area contributed by atoms with E-state index in [0.29, 0.717) is 17.7 Å². The largest absolute Gasteiger partial charge is 0.462 e. The number of hydrogen-bond acceptors (Lipinski definition) is 3. The predicted octanol–water partition coefficient (Wildman–Crippen LogP) is 2.89. The first kappa shape index (κ1) is 11.2. The Bertz CT molecular complexity index is 611. The first-order valence-electron chi connectivity index (χ1n) is 5.35. The summed E-state index contributed by atoms with van der Waals surface area (Å²) in [6.45, 7) is 2.14. The van der Waals surface area contributed by atoms with Gasteiger partial charge in [0.1, 0.15) is 0 Å². The second kappa shape index (κ2) is 4.67. The van der Waals surface area contributed by atoms with Crippen molar-refractivity contribution >= 4 is 16.7 Å². The third kappa shape index (κ3) is 2.26. The van der Waals surface area contributed by atoms with Gasteiger partial charge in [0, 0.05) is 0 Å². The van der Waals surface area contributed by atoms with Gasteiger partial charge in [-0.15, -0.1) is 0 Å². The quantitative estimate of drug-likeness (QED) is 0.738. The summed E-state index contributed by atoms with van der Waals surface area (Å²) >= 11 is 0. The molecule has 2 aromatic carbocycles. The minimum absolute atomic E-state index is 0.321. The highest BCUT2D eigenvalue weighted by Crippen LogP contribution is 2.18. The number of esters is 1. The average molecular weight is 225 g/mol. The topological polar surface area (TPSA) is 50.1 Å². The van der Waals surface area contributed by atoms with E-state index in [1.165, 1.54) is 0 Å². The fourth-order valence-corrected chi connectivity index (χ4v) is 1.66. The van der Waals surface area contributed by atoms with Gasteiger partial charge in [-0.1, -0.05) is 12.1 Å². The summed E-state index contributed by atoms with van der Waals surface area (Å²) < 4.78 is 4.93. The fourth-order valence-electron chi connectivity index (χ4n) is 1.66. The molecule has 0 radical (unpaired) electrons. The van der Waals surface area contributed by atoms with Gasteiger partial charge in [-0.3, -0.25) is 0 Å². The Labute approximate surface area is 99.2 Å². The molecule has 0 aliphatic heterocycles. The lowest BCUT2D eigenvalue weighted by Gasteiger charge is -2.03. The molecule has 0 aliphatic rings. The second-order valence-electron chi connectivity index (χ2n) is 3.61. The van der Waals surface area contributed by atoms with Crippen molar-refractivity contribution in [1.29, 1.82) is 5.26 Å². The van der Waals surface area contributed by atoms with Crippen LogP contribution >= 0.6 is 0 Å². The summed E-state index contributed by atoms with van der Waals surface area (Å²) in [6, 6.07) is 12.7. The molecular formula is C14H11NO2. The molecule has 0 saturated heterocycles. The monoisotopic (exact) mass is 225 g/mol. The van der Waals surface area contributed by atoms with Crippen LogP contribution in [0.3, 0.4) is 0 Å². The number of nitriles is 1. The Hall–Kier alpha value is -2.34. The van der Waals surface area contributed by atoms with Crippen LogP contribution in [0.4, 0.5) is 0 Å². The zero-order chi connectivity index (χ0) is 12.3. The van der Waals surface area contributed by atoms with Crippen LogP contribution < -0.4 is 0 Å². The molecule has 17 heavy (non-hydrogen) atoms. The van der Waals surface area contributed by atoms with Crippen LogP contribution in [0.5, 0.6) is 0 Å². The maximum atomic E-state index is 11.5. The SMILES string of the molecule is CCOC(=O)c1ccc2cc(C#N)ccc2c1. The molecular weight excluding hydrogens is 214 g/mol. The molecule has 0 aliphatic carbocycles. The number of rotatable bonds is 2. The zero-order valence-corrected chi connectivity index (χ0v) is 9.43. The molecule has 0 bridgehead atoms. The number of hydrogen-bond donors (Lipinski definition) is 0. The van der Waals surface area contributed by atoms with Gasteiger partial charge < -0.3 is 4.74 Å². The Balaban J connectivity index is 2.45. The van der Waals surface area contributed by atoms with Crippen molar-refractivity contribution in [3.05, 3.63) is 47.5 Å². The normalized spacial score (nSPS) is 9.88. The minimum Gasteiger partial charge on any atom is -0.462 e. The fraction of sp³-hybridized carbons (Fsp3) is 0.143. The Morgan fingerprint density at radius 3 is 2.65 bits per heavy atom. The first-order chi connectivity index (χ1) is 8.24. The van der Waals surface area contributed by atoms with Gasteiger partial charge >= 0.3 is 5.97 Å². The molecule has 0 unspecified atom stereocenters. The molecule has 3 nitrogen and oxygen atoms in total. The van der Waals surface area contributed by atoms with E-state index in [2.05, 4.69) is 6.07 Å². The van der Waals surface area contributed by atoms with E-state index in [4.69, 9.17) is 10.00 Å². The number of carbonyl (C=O) groups excluding carboxylic acids is 1. The maximum absolute atomic E-state index is 11.5. The standard InChI is InChI=1S/C14H11NO2/c1-2-17-14(16)13-6-5-11-7-10(9-15)3-4-12(11)8-13/h3-8H,2H2,1H3. The number of ether oxygens (including phenoxy) is 1. The summed E-state index contributed by atoms with van der Waals surface area (Å²) in [5.41, 5.74) is 1.14. The minimum atomic E-state index is -0.321. The van der Waals surface area contributed by atoms with Crippen molar-refractivity contribution in [2.45, 2.75) is 6.92 Å². The summed E-state index contributed by atoms with van der Waals surface area (Å²) in [5.74, 6) is -0.321. The molecule has 0 aromatic heterocycles. The van der Waals surface area contributed by atoms with Crippen LogP contribution in [0.2, 0.25) is 0 Å². The summed E-state index contributed by atoms with van der Waals surface area (Å²) in [7, 11) is 0. The van der Waals surface area contributed by atoms with E-state index in [0.717, 1.165) is 10.8 Å².